The number of benzene rings is 2. The van der Waals surface area contributed by atoms with Crippen LogP contribution in [0.25, 0.3) is 0 Å². The highest BCUT2D eigenvalue weighted by Gasteiger charge is 2.18. The van der Waals surface area contributed by atoms with Gasteiger partial charge in [-0.3, -0.25) is 0 Å². The van der Waals surface area contributed by atoms with Gasteiger partial charge in [0.05, 0.1) is 0 Å². The molecule has 2 aromatic carbocycles. The summed E-state index contributed by atoms with van der Waals surface area (Å²) in [6.07, 6.45) is 3.76. The Labute approximate surface area is 124 Å². The average molecular weight is 287 g/mol. The molecule has 0 saturated carbocycles. The molecule has 1 unspecified atom stereocenters. The van der Waals surface area contributed by atoms with Gasteiger partial charge in [-0.1, -0.05) is 24.3 Å². The van der Waals surface area contributed by atoms with Gasteiger partial charge in [0.15, 0.2) is 0 Å². The van der Waals surface area contributed by atoms with E-state index in [9.17, 15) is 8.78 Å². The number of halogens is 2. The van der Waals surface area contributed by atoms with Gasteiger partial charge in [0.25, 0.3) is 0 Å². The van der Waals surface area contributed by atoms with Gasteiger partial charge in [0.1, 0.15) is 11.6 Å². The molecule has 110 valence electrons. The minimum Gasteiger partial charge on any atom is -0.313 e. The smallest absolute Gasteiger partial charge is 0.129 e. The lowest BCUT2D eigenvalue weighted by atomic mass is 9.95. The topological polar surface area (TPSA) is 12.0 Å². The Balaban J connectivity index is 1.89. The maximum atomic E-state index is 13.8. The van der Waals surface area contributed by atoms with E-state index in [2.05, 4.69) is 23.5 Å². The summed E-state index contributed by atoms with van der Waals surface area (Å²) in [5, 5.41) is 3.18. The molecule has 0 fully saturated rings. The molecular formula is C18H19F2N. The molecule has 1 N–H and O–H groups in total. The van der Waals surface area contributed by atoms with Crippen LogP contribution in [0.2, 0.25) is 0 Å². The molecule has 1 nitrogen and oxygen atoms in total. The Hall–Kier alpha value is -1.74. The molecule has 0 bridgehead atoms. The number of fused-ring (bicyclic) bond motifs is 1. The van der Waals surface area contributed by atoms with Crippen LogP contribution < -0.4 is 5.32 Å². The summed E-state index contributed by atoms with van der Waals surface area (Å²) in [6.45, 7) is 0. The Kier molecular flexibility index (Phi) is 4.02. The summed E-state index contributed by atoms with van der Waals surface area (Å²) in [4.78, 5) is 0. The SMILES string of the molecule is CNC(Cc1c(F)cccc1F)c1ccc2c(c1)CCC2. The number of aryl methyl sites for hydroxylation is 2. The average Bonchev–Trinajstić information content (AvgIpc) is 2.94. The molecule has 1 aliphatic rings. The van der Waals surface area contributed by atoms with Crippen LogP contribution in [-0.4, -0.2) is 7.05 Å². The Bertz CT molecular complexity index is 631. The van der Waals surface area contributed by atoms with E-state index in [0.717, 1.165) is 18.4 Å². The summed E-state index contributed by atoms with van der Waals surface area (Å²) in [7, 11) is 1.83. The van der Waals surface area contributed by atoms with Crippen LogP contribution in [-0.2, 0) is 19.3 Å². The number of hydrogen-bond donors (Lipinski definition) is 1. The highest BCUT2D eigenvalue weighted by Crippen LogP contribution is 2.27. The van der Waals surface area contributed by atoms with Crippen molar-refractivity contribution >= 4 is 0 Å². The highest BCUT2D eigenvalue weighted by molar-refractivity contribution is 5.37. The van der Waals surface area contributed by atoms with Crippen molar-refractivity contribution in [3.63, 3.8) is 0 Å². The molecule has 0 saturated heterocycles. The lowest BCUT2D eigenvalue weighted by Gasteiger charge is -2.18. The summed E-state index contributed by atoms with van der Waals surface area (Å²) in [6, 6.07) is 10.4. The second-order valence-corrected chi connectivity index (χ2v) is 5.63. The second kappa shape index (κ2) is 5.94. The van der Waals surface area contributed by atoms with Crippen molar-refractivity contribution in [2.45, 2.75) is 31.7 Å². The van der Waals surface area contributed by atoms with Gasteiger partial charge in [0, 0.05) is 11.6 Å². The zero-order valence-corrected chi connectivity index (χ0v) is 12.1. The van der Waals surface area contributed by atoms with Gasteiger partial charge in [-0.05, 0) is 61.6 Å². The van der Waals surface area contributed by atoms with Crippen molar-refractivity contribution < 1.29 is 8.78 Å². The highest BCUT2D eigenvalue weighted by atomic mass is 19.1. The van der Waals surface area contributed by atoms with Gasteiger partial charge < -0.3 is 5.32 Å². The van der Waals surface area contributed by atoms with Crippen LogP contribution in [0, 0.1) is 11.6 Å². The van der Waals surface area contributed by atoms with Gasteiger partial charge >= 0.3 is 0 Å². The minimum atomic E-state index is -0.476. The summed E-state index contributed by atoms with van der Waals surface area (Å²) < 4.78 is 27.6. The van der Waals surface area contributed by atoms with Crippen molar-refractivity contribution in [3.05, 3.63) is 70.3 Å². The zero-order chi connectivity index (χ0) is 14.8. The molecule has 0 spiro atoms. The Morgan fingerprint density at radius 2 is 1.76 bits per heavy atom. The normalized spacial score (nSPS) is 15.0. The fourth-order valence-corrected chi connectivity index (χ4v) is 3.13. The molecular weight excluding hydrogens is 268 g/mol. The Morgan fingerprint density at radius 3 is 2.48 bits per heavy atom. The summed E-state index contributed by atoms with van der Waals surface area (Å²) in [5.74, 6) is -0.951. The molecule has 2 aromatic rings. The monoisotopic (exact) mass is 287 g/mol. The summed E-state index contributed by atoms with van der Waals surface area (Å²) in [5.41, 5.74) is 4.03. The first-order chi connectivity index (χ1) is 10.2. The minimum absolute atomic E-state index is 0.0812. The molecule has 0 amide bonds. The predicted molar refractivity (Wildman–Crippen MR) is 80.3 cm³/mol. The van der Waals surface area contributed by atoms with Crippen molar-refractivity contribution in [2.24, 2.45) is 0 Å². The number of rotatable bonds is 4. The van der Waals surface area contributed by atoms with E-state index in [1.54, 1.807) is 0 Å². The first-order valence-electron chi connectivity index (χ1n) is 7.41. The number of likely N-dealkylation sites (N-methyl/N-ethyl adjacent to an activating group) is 1. The van der Waals surface area contributed by atoms with E-state index in [1.807, 2.05) is 7.05 Å². The van der Waals surface area contributed by atoms with Crippen LogP contribution in [0.3, 0.4) is 0 Å². The molecule has 3 heteroatoms. The third kappa shape index (κ3) is 2.84. The fraction of sp³-hybridized carbons (Fsp3) is 0.333. The molecule has 3 rings (SSSR count). The summed E-state index contributed by atoms with van der Waals surface area (Å²) >= 11 is 0. The molecule has 0 radical (unpaired) electrons. The quantitative estimate of drug-likeness (QED) is 0.897. The Morgan fingerprint density at radius 1 is 1.05 bits per heavy atom. The van der Waals surface area contributed by atoms with E-state index in [4.69, 9.17) is 0 Å². The van der Waals surface area contributed by atoms with Crippen LogP contribution in [0.4, 0.5) is 8.78 Å². The van der Waals surface area contributed by atoms with Crippen molar-refractivity contribution in [3.8, 4) is 0 Å². The van der Waals surface area contributed by atoms with Crippen molar-refractivity contribution in [1.82, 2.24) is 5.32 Å². The van der Waals surface area contributed by atoms with Crippen molar-refractivity contribution in [2.75, 3.05) is 7.05 Å². The van der Waals surface area contributed by atoms with E-state index >= 15 is 0 Å². The first-order valence-corrected chi connectivity index (χ1v) is 7.41. The van der Waals surface area contributed by atoms with E-state index in [0.29, 0.717) is 6.42 Å². The van der Waals surface area contributed by atoms with Crippen LogP contribution in [0.15, 0.2) is 36.4 Å². The maximum Gasteiger partial charge on any atom is 0.129 e. The largest absolute Gasteiger partial charge is 0.313 e. The van der Waals surface area contributed by atoms with E-state index in [-0.39, 0.29) is 11.6 Å². The van der Waals surface area contributed by atoms with Gasteiger partial charge in [-0.25, -0.2) is 8.78 Å². The lowest BCUT2D eigenvalue weighted by Crippen LogP contribution is -2.20. The van der Waals surface area contributed by atoms with Gasteiger partial charge in [-0.15, -0.1) is 0 Å². The van der Waals surface area contributed by atoms with Crippen molar-refractivity contribution in [1.29, 1.82) is 0 Å². The molecule has 1 atom stereocenters. The first kappa shape index (κ1) is 14.2. The second-order valence-electron chi connectivity index (χ2n) is 5.63. The third-order valence-corrected chi connectivity index (χ3v) is 4.34. The fourth-order valence-electron chi connectivity index (χ4n) is 3.13. The van der Waals surface area contributed by atoms with Gasteiger partial charge in [-0.2, -0.15) is 0 Å². The van der Waals surface area contributed by atoms with E-state index < -0.39 is 11.6 Å². The molecule has 1 aliphatic carbocycles. The number of nitrogens with one attached hydrogen (secondary N) is 1. The third-order valence-electron chi connectivity index (χ3n) is 4.34. The van der Waals surface area contributed by atoms with Crippen LogP contribution in [0.1, 0.15) is 34.7 Å². The maximum absolute atomic E-state index is 13.8. The van der Waals surface area contributed by atoms with E-state index in [1.165, 1.54) is 35.7 Å². The van der Waals surface area contributed by atoms with Crippen LogP contribution in [0.5, 0.6) is 0 Å². The standard InChI is InChI=1S/C18H19F2N/c1-21-18(11-15-16(19)6-3-7-17(15)20)14-9-8-12-4-2-5-13(12)10-14/h3,6-10,18,21H,2,4-5,11H2,1H3. The van der Waals surface area contributed by atoms with Crippen LogP contribution >= 0.6 is 0 Å². The van der Waals surface area contributed by atoms with Gasteiger partial charge in [0.2, 0.25) is 0 Å². The lowest BCUT2D eigenvalue weighted by molar-refractivity contribution is 0.515. The number of hydrogen-bond acceptors (Lipinski definition) is 1. The zero-order valence-electron chi connectivity index (χ0n) is 12.1. The molecule has 0 aliphatic heterocycles. The predicted octanol–water partition coefficient (Wildman–Crippen LogP) is 3.96. The molecule has 21 heavy (non-hydrogen) atoms. The molecule has 0 heterocycles. The molecule has 0 aromatic heterocycles.